The smallest absolute Gasteiger partial charge is 0.271 e. The van der Waals surface area contributed by atoms with Gasteiger partial charge in [-0.3, -0.25) is 25.2 Å². The van der Waals surface area contributed by atoms with Crippen LogP contribution >= 0.6 is 0 Å². The van der Waals surface area contributed by atoms with E-state index in [1.807, 2.05) is 0 Å². The summed E-state index contributed by atoms with van der Waals surface area (Å²) in [5.41, 5.74) is 1.26. The molecule has 29 heavy (non-hydrogen) atoms. The fourth-order valence-corrected chi connectivity index (χ4v) is 3.94. The van der Waals surface area contributed by atoms with Crippen molar-refractivity contribution in [1.29, 1.82) is 0 Å². The van der Waals surface area contributed by atoms with Gasteiger partial charge < -0.3 is 4.98 Å². The van der Waals surface area contributed by atoms with Crippen LogP contribution in [-0.2, 0) is 10.8 Å². The first-order valence-electron chi connectivity index (χ1n) is 8.20. The van der Waals surface area contributed by atoms with Crippen LogP contribution < -0.4 is 0 Å². The lowest BCUT2D eigenvalue weighted by molar-refractivity contribution is -0.385. The third-order valence-corrected chi connectivity index (χ3v) is 5.44. The SMILES string of the molecule is O=[N+]([O-])c1ccc(S(=O)c2nc3ccc([N+](=O)[O-])cc3[nH]2)c(-c2ccccn2)c1. The maximum Gasteiger partial charge on any atom is 0.271 e. The second kappa shape index (κ2) is 7.20. The van der Waals surface area contributed by atoms with Gasteiger partial charge in [-0.25, -0.2) is 9.19 Å². The van der Waals surface area contributed by atoms with Crippen molar-refractivity contribution < 1.29 is 14.1 Å². The molecular formula is C18H11N5O5S. The number of nitrogens with zero attached hydrogens (tertiary/aromatic N) is 4. The molecule has 0 amide bonds. The van der Waals surface area contributed by atoms with Gasteiger partial charge in [-0.15, -0.1) is 0 Å². The van der Waals surface area contributed by atoms with Crippen molar-refractivity contribution in [1.82, 2.24) is 15.0 Å². The Morgan fingerprint density at radius 2 is 1.66 bits per heavy atom. The molecule has 144 valence electrons. The molecule has 0 aliphatic heterocycles. The molecule has 0 aliphatic carbocycles. The predicted octanol–water partition coefficient (Wildman–Crippen LogP) is 3.61. The maximum absolute atomic E-state index is 13.2. The number of non-ortho nitro benzene ring substituents is 2. The first kappa shape index (κ1) is 18.4. The fraction of sp³-hybridized carbons (Fsp3) is 0. The molecule has 0 saturated heterocycles. The Kier molecular flexibility index (Phi) is 4.56. The fourth-order valence-electron chi connectivity index (χ4n) is 2.80. The van der Waals surface area contributed by atoms with E-state index in [1.54, 1.807) is 18.2 Å². The molecule has 0 fully saturated rings. The normalized spacial score (nSPS) is 12.0. The number of pyridine rings is 1. The summed E-state index contributed by atoms with van der Waals surface area (Å²) in [6.45, 7) is 0. The number of hydrogen-bond donors (Lipinski definition) is 1. The molecule has 2 aromatic carbocycles. The Labute approximate surface area is 165 Å². The van der Waals surface area contributed by atoms with Crippen LogP contribution in [0.2, 0.25) is 0 Å². The van der Waals surface area contributed by atoms with Gasteiger partial charge in [-0.2, -0.15) is 0 Å². The number of aromatic amines is 1. The van der Waals surface area contributed by atoms with E-state index >= 15 is 0 Å². The number of nitro groups is 2. The summed E-state index contributed by atoms with van der Waals surface area (Å²) < 4.78 is 13.2. The topological polar surface area (TPSA) is 145 Å². The minimum absolute atomic E-state index is 0.0755. The molecule has 11 heteroatoms. The number of fused-ring (bicyclic) bond motifs is 1. The average Bonchev–Trinajstić information content (AvgIpc) is 3.16. The van der Waals surface area contributed by atoms with E-state index in [-0.39, 0.29) is 21.4 Å². The second-order valence-corrected chi connectivity index (χ2v) is 7.29. The predicted molar refractivity (Wildman–Crippen MR) is 104 cm³/mol. The van der Waals surface area contributed by atoms with Gasteiger partial charge in [-0.1, -0.05) is 6.07 Å². The van der Waals surface area contributed by atoms with Crippen molar-refractivity contribution in [2.45, 2.75) is 10.1 Å². The Morgan fingerprint density at radius 3 is 2.34 bits per heavy atom. The summed E-state index contributed by atoms with van der Waals surface area (Å²) in [7, 11) is -1.83. The van der Waals surface area contributed by atoms with Crippen molar-refractivity contribution in [3.8, 4) is 11.3 Å². The van der Waals surface area contributed by atoms with Crippen molar-refractivity contribution in [3.05, 3.63) is 81.0 Å². The second-order valence-electron chi connectivity index (χ2n) is 5.92. The number of nitro benzene ring substituents is 2. The van der Waals surface area contributed by atoms with Crippen molar-refractivity contribution in [3.63, 3.8) is 0 Å². The molecule has 2 aromatic heterocycles. The Hall–Kier alpha value is -3.99. The van der Waals surface area contributed by atoms with Crippen molar-refractivity contribution in [2.75, 3.05) is 0 Å². The van der Waals surface area contributed by atoms with Gasteiger partial charge in [0.15, 0.2) is 0 Å². The highest BCUT2D eigenvalue weighted by atomic mass is 32.2. The zero-order valence-electron chi connectivity index (χ0n) is 14.5. The van der Waals surface area contributed by atoms with Gasteiger partial charge in [-0.05, 0) is 24.3 Å². The highest BCUT2D eigenvalue weighted by molar-refractivity contribution is 7.85. The minimum atomic E-state index is -1.83. The lowest BCUT2D eigenvalue weighted by Crippen LogP contribution is -2.00. The van der Waals surface area contributed by atoms with Gasteiger partial charge >= 0.3 is 0 Å². The largest absolute Gasteiger partial charge is 0.330 e. The third kappa shape index (κ3) is 3.46. The first-order chi connectivity index (χ1) is 13.9. The molecule has 4 rings (SSSR count). The highest BCUT2D eigenvalue weighted by Gasteiger charge is 2.21. The molecule has 0 radical (unpaired) electrons. The summed E-state index contributed by atoms with van der Waals surface area (Å²) in [6, 6.07) is 13.1. The third-order valence-electron chi connectivity index (χ3n) is 4.14. The van der Waals surface area contributed by atoms with E-state index in [0.29, 0.717) is 22.3 Å². The van der Waals surface area contributed by atoms with Gasteiger partial charge in [0.2, 0.25) is 5.16 Å². The molecule has 0 saturated carbocycles. The van der Waals surface area contributed by atoms with Crippen LogP contribution in [0.1, 0.15) is 0 Å². The Bertz CT molecular complexity index is 1290. The maximum atomic E-state index is 13.2. The number of benzene rings is 2. The minimum Gasteiger partial charge on any atom is -0.330 e. The van der Waals surface area contributed by atoms with E-state index in [1.165, 1.54) is 42.6 Å². The highest BCUT2D eigenvalue weighted by Crippen LogP contribution is 2.31. The number of aromatic nitrogens is 3. The van der Waals surface area contributed by atoms with Crippen LogP contribution in [0.3, 0.4) is 0 Å². The van der Waals surface area contributed by atoms with Crippen LogP contribution in [0.25, 0.3) is 22.3 Å². The van der Waals surface area contributed by atoms with E-state index in [2.05, 4.69) is 15.0 Å². The van der Waals surface area contributed by atoms with Crippen molar-refractivity contribution >= 4 is 33.2 Å². The molecule has 4 aromatic rings. The quantitative estimate of drug-likeness (QED) is 0.391. The number of hydrogen-bond acceptors (Lipinski definition) is 7. The number of nitrogens with one attached hydrogen (secondary N) is 1. The van der Waals surface area contributed by atoms with Crippen LogP contribution in [0.15, 0.2) is 70.8 Å². The number of imidazole rings is 1. The number of H-pyrrole nitrogens is 1. The Morgan fingerprint density at radius 1 is 0.931 bits per heavy atom. The summed E-state index contributed by atoms with van der Waals surface area (Å²) in [5.74, 6) is 0. The summed E-state index contributed by atoms with van der Waals surface area (Å²) in [6.07, 6.45) is 1.53. The summed E-state index contributed by atoms with van der Waals surface area (Å²) >= 11 is 0. The Balaban J connectivity index is 1.84. The van der Waals surface area contributed by atoms with E-state index in [4.69, 9.17) is 0 Å². The molecule has 1 N–H and O–H groups in total. The molecule has 10 nitrogen and oxygen atoms in total. The zero-order chi connectivity index (χ0) is 20.5. The molecule has 1 atom stereocenters. The van der Waals surface area contributed by atoms with Gasteiger partial charge in [0, 0.05) is 36.0 Å². The average molecular weight is 409 g/mol. The summed E-state index contributed by atoms with van der Waals surface area (Å²) in [5, 5.41) is 22.2. The van der Waals surface area contributed by atoms with Crippen molar-refractivity contribution in [2.24, 2.45) is 0 Å². The standard InChI is InChI=1S/C18H11N5O5S/c24-22(25)11-5-7-17(13(9-11)14-3-1-2-8-19-14)29(28)18-20-15-6-4-12(23(26)27)10-16(15)21-18/h1-10H,(H,20,21). The monoisotopic (exact) mass is 409 g/mol. The number of rotatable bonds is 5. The van der Waals surface area contributed by atoms with E-state index in [0.717, 1.165) is 0 Å². The van der Waals surface area contributed by atoms with E-state index in [9.17, 15) is 24.4 Å². The van der Waals surface area contributed by atoms with Crippen LogP contribution in [0.5, 0.6) is 0 Å². The van der Waals surface area contributed by atoms with Gasteiger partial charge in [0.25, 0.3) is 11.4 Å². The molecule has 0 bridgehead atoms. The first-order valence-corrected chi connectivity index (χ1v) is 9.35. The molecule has 0 aliphatic rings. The van der Waals surface area contributed by atoms with Gasteiger partial charge in [0.05, 0.1) is 31.5 Å². The van der Waals surface area contributed by atoms with Crippen LogP contribution in [-0.4, -0.2) is 29.0 Å². The van der Waals surface area contributed by atoms with Crippen LogP contribution in [0.4, 0.5) is 11.4 Å². The molecule has 2 heterocycles. The zero-order valence-corrected chi connectivity index (χ0v) is 15.3. The van der Waals surface area contributed by atoms with E-state index < -0.39 is 20.6 Å². The summed E-state index contributed by atoms with van der Waals surface area (Å²) in [4.78, 5) is 32.6. The van der Waals surface area contributed by atoms with Gasteiger partial charge in [0.1, 0.15) is 10.8 Å². The molecular weight excluding hydrogens is 398 g/mol. The molecule has 0 spiro atoms. The molecule has 1 unspecified atom stereocenters. The lowest BCUT2D eigenvalue weighted by atomic mass is 10.1. The van der Waals surface area contributed by atoms with Crippen LogP contribution in [0, 0.1) is 20.2 Å². The lowest BCUT2D eigenvalue weighted by Gasteiger charge is -2.07.